The quantitative estimate of drug-likeness (QED) is 0.494. The molecule has 0 bridgehead atoms. The maximum absolute atomic E-state index is 4.62. The summed E-state index contributed by atoms with van der Waals surface area (Å²) in [7, 11) is 0. The normalized spacial score (nSPS) is 13.0. The Morgan fingerprint density at radius 3 is 2.60 bits per heavy atom. The number of nitrogens with zero attached hydrogens (tertiary/aromatic N) is 3. The zero-order chi connectivity index (χ0) is 17.4. The van der Waals surface area contributed by atoms with Crippen molar-refractivity contribution in [3.8, 4) is 0 Å². The summed E-state index contributed by atoms with van der Waals surface area (Å²) >= 11 is 0. The Morgan fingerprint density at radius 1 is 0.920 bits per heavy atom. The van der Waals surface area contributed by atoms with Crippen LogP contribution >= 0.6 is 0 Å². The van der Waals surface area contributed by atoms with E-state index in [1.807, 2.05) is 18.5 Å². The van der Waals surface area contributed by atoms with Crippen LogP contribution in [0.1, 0.15) is 43.7 Å². The third kappa shape index (κ3) is 3.02. The fourth-order valence-electron chi connectivity index (χ4n) is 3.36. The summed E-state index contributed by atoms with van der Waals surface area (Å²) in [6.07, 6.45) is 3.83. The molecule has 0 fully saturated rings. The summed E-state index contributed by atoms with van der Waals surface area (Å²) in [5.74, 6) is 0.913. The van der Waals surface area contributed by atoms with Crippen LogP contribution in [0, 0.1) is 0 Å². The van der Waals surface area contributed by atoms with E-state index in [-0.39, 0.29) is 0 Å². The molecule has 0 N–H and O–H groups in total. The van der Waals surface area contributed by atoms with Crippen LogP contribution in [-0.2, 0) is 6.54 Å². The van der Waals surface area contributed by atoms with Crippen molar-refractivity contribution in [1.29, 1.82) is 0 Å². The average molecular weight is 329 g/mol. The molecule has 0 spiro atoms. The molecule has 126 valence electrons. The molecule has 4 rings (SSSR count). The summed E-state index contributed by atoms with van der Waals surface area (Å²) in [5.41, 5.74) is 4.92. The summed E-state index contributed by atoms with van der Waals surface area (Å²) < 4.78 is 2.12. The first-order chi connectivity index (χ1) is 12.1. The number of hydrogen-bond donors (Lipinski definition) is 0. The number of benzene rings is 2. The monoisotopic (exact) mass is 329 g/mol. The molecule has 25 heavy (non-hydrogen) atoms. The largest absolute Gasteiger partial charge is 0.264 e. The highest BCUT2D eigenvalue weighted by Crippen LogP contribution is 2.25. The number of rotatable bonds is 4. The van der Waals surface area contributed by atoms with Crippen LogP contribution < -0.4 is 0 Å². The van der Waals surface area contributed by atoms with Crippen molar-refractivity contribution in [3.05, 3.63) is 72.1 Å². The Balaban J connectivity index is 1.63. The van der Waals surface area contributed by atoms with Crippen molar-refractivity contribution >= 4 is 21.8 Å². The lowest BCUT2D eigenvalue weighted by Gasteiger charge is -2.14. The molecule has 1 unspecified atom stereocenters. The van der Waals surface area contributed by atoms with E-state index in [2.05, 4.69) is 78.0 Å². The van der Waals surface area contributed by atoms with Crippen LogP contribution in [0.5, 0.6) is 0 Å². The van der Waals surface area contributed by atoms with Crippen LogP contribution in [0.25, 0.3) is 21.8 Å². The lowest BCUT2D eigenvalue weighted by molar-refractivity contribution is 0.559. The van der Waals surface area contributed by atoms with Crippen LogP contribution in [0.3, 0.4) is 0 Å². The predicted octanol–water partition coefficient (Wildman–Crippen LogP) is 5.51. The fraction of sp³-hybridized carbons (Fsp3) is 0.273. The molecular formula is C22H23N3. The minimum atomic E-state index is 0.374. The lowest BCUT2D eigenvalue weighted by atomic mass is 9.99. The molecule has 2 aromatic heterocycles. The molecule has 0 amide bonds. The minimum absolute atomic E-state index is 0.374. The van der Waals surface area contributed by atoms with Gasteiger partial charge in [0.2, 0.25) is 0 Å². The Labute approximate surface area is 148 Å². The summed E-state index contributed by atoms with van der Waals surface area (Å²) in [6.45, 7) is 7.56. The second-order valence-corrected chi connectivity index (χ2v) is 7.16. The Kier molecular flexibility index (Phi) is 4.00. The van der Waals surface area contributed by atoms with Gasteiger partial charge in [0.25, 0.3) is 0 Å². The van der Waals surface area contributed by atoms with Crippen molar-refractivity contribution in [1.82, 2.24) is 14.8 Å². The zero-order valence-corrected chi connectivity index (χ0v) is 15.0. The van der Waals surface area contributed by atoms with Gasteiger partial charge in [-0.1, -0.05) is 45.0 Å². The molecule has 0 aliphatic rings. The highest BCUT2D eigenvalue weighted by molar-refractivity contribution is 5.80. The summed E-state index contributed by atoms with van der Waals surface area (Å²) in [5, 5.41) is 7.03. The van der Waals surface area contributed by atoms with Gasteiger partial charge in [-0.3, -0.25) is 9.67 Å². The Hall–Kier alpha value is -2.68. The van der Waals surface area contributed by atoms with Gasteiger partial charge in [0, 0.05) is 29.4 Å². The van der Waals surface area contributed by atoms with Crippen molar-refractivity contribution in [2.24, 2.45) is 0 Å². The standard InChI is InChI=1S/C22H23N3/c1-15(2)18-8-9-22-20(11-18)13-24-25(22)14-16(3)19-7-6-17-5-4-10-23-21(17)12-19/h4-13,15-16H,14H2,1-3H3. The predicted molar refractivity (Wildman–Crippen MR) is 104 cm³/mol. The topological polar surface area (TPSA) is 30.7 Å². The van der Waals surface area contributed by atoms with Gasteiger partial charge in [-0.05, 0) is 41.3 Å². The molecule has 2 heterocycles. The first-order valence-corrected chi connectivity index (χ1v) is 8.92. The van der Waals surface area contributed by atoms with Gasteiger partial charge < -0.3 is 0 Å². The smallest absolute Gasteiger partial charge is 0.0704 e. The van der Waals surface area contributed by atoms with Crippen molar-refractivity contribution in [2.45, 2.75) is 39.2 Å². The van der Waals surface area contributed by atoms with Gasteiger partial charge in [0.1, 0.15) is 0 Å². The second-order valence-electron chi connectivity index (χ2n) is 7.16. The molecule has 0 aliphatic heterocycles. The molecule has 0 aliphatic carbocycles. The zero-order valence-electron chi connectivity index (χ0n) is 15.0. The first kappa shape index (κ1) is 15.8. The number of fused-ring (bicyclic) bond motifs is 2. The molecule has 1 atom stereocenters. The van der Waals surface area contributed by atoms with E-state index < -0.39 is 0 Å². The van der Waals surface area contributed by atoms with E-state index in [1.165, 1.54) is 27.4 Å². The Bertz CT molecular complexity index is 1030. The van der Waals surface area contributed by atoms with E-state index in [0.29, 0.717) is 11.8 Å². The molecule has 3 nitrogen and oxygen atoms in total. The number of hydrogen-bond acceptors (Lipinski definition) is 2. The van der Waals surface area contributed by atoms with Crippen LogP contribution in [-0.4, -0.2) is 14.8 Å². The van der Waals surface area contributed by atoms with Gasteiger partial charge >= 0.3 is 0 Å². The molecule has 4 aromatic rings. The van der Waals surface area contributed by atoms with E-state index in [9.17, 15) is 0 Å². The summed E-state index contributed by atoms with van der Waals surface area (Å²) in [6, 6.07) is 17.3. The van der Waals surface area contributed by atoms with Crippen LogP contribution in [0.2, 0.25) is 0 Å². The fourth-order valence-corrected chi connectivity index (χ4v) is 3.36. The average Bonchev–Trinajstić information content (AvgIpc) is 3.03. The second kappa shape index (κ2) is 6.32. The van der Waals surface area contributed by atoms with Gasteiger partial charge in [-0.2, -0.15) is 5.10 Å². The summed E-state index contributed by atoms with van der Waals surface area (Å²) in [4.78, 5) is 4.47. The molecule has 3 heteroatoms. The lowest BCUT2D eigenvalue weighted by Crippen LogP contribution is -2.07. The van der Waals surface area contributed by atoms with Crippen molar-refractivity contribution < 1.29 is 0 Å². The van der Waals surface area contributed by atoms with Gasteiger partial charge in [-0.15, -0.1) is 0 Å². The first-order valence-electron chi connectivity index (χ1n) is 8.92. The Morgan fingerprint density at radius 2 is 1.76 bits per heavy atom. The van der Waals surface area contributed by atoms with E-state index in [1.54, 1.807) is 0 Å². The number of pyridine rings is 1. The molecular weight excluding hydrogens is 306 g/mol. The van der Waals surface area contributed by atoms with E-state index >= 15 is 0 Å². The van der Waals surface area contributed by atoms with Gasteiger partial charge in [-0.25, -0.2) is 0 Å². The van der Waals surface area contributed by atoms with E-state index in [4.69, 9.17) is 0 Å². The van der Waals surface area contributed by atoms with Crippen molar-refractivity contribution in [3.63, 3.8) is 0 Å². The van der Waals surface area contributed by atoms with Crippen molar-refractivity contribution in [2.75, 3.05) is 0 Å². The molecule has 0 saturated heterocycles. The molecule has 2 aromatic carbocycles. The molecule has 0 saturated carbocycles. The minimum Gasteiger partial charge on any atom is -0.264 e. The van der Waals surface area contributed by atoms with E-state index in [0.717, 1.165) is 12.1 Å². The number of aromatic nitrogens is 3. The van der Waals surface area contributed by atoms with Crippen LogP contribution in [0.15, 0.2) is 60.9 Å². The van der Waals surface area contributed by atoms with Gasteiger partial charge in [0.15, 0.2) is 0 Å². The highest BCUT2D eigenvalue weighted by atomic mass is 15.3. The maximum Gasteiger partial charge on any atom is 0.0704 e. The SMILES string of the molecule is CC(C)c1ccc2c(cnn2CC(C)c2ccc3cccnc3c2)c1. The third-order valence-electron chi connectivity index (χ3n) is 4.98. The maximum atomic E-state index is 4.62. The third-order valence-corrected chi connectivity index (χ3v) is 4.98. The molecule has 0 radical (unpaired) electrons. The van der Waals surface area contributed by atoms with Crippen LogP contribution in [0.4, 0.5) is 0 Å². The highest BCUT2D eigenvalue weighted by Gasteiger charge is 2.11. The van der Waals surface area contributed by atoms with Gasteiger partial charge in [0.05, 0.1) is 17.2 Å².